The van der Waals surface area contributed by atoms with Gasteiger partial charge >= 0.3 is 0 Å². The van der Waals surface area contributed by atoms with Crippen LogP contribution in [0.1, 0.15) is 17.9 Å². The largest absolute Gasteiger partial charge is 0.300 e. The van der Waals surface area contributed by atoms with Gasteiger partial charge < -0.3 is 5.32 Å². The number of halogens is 1. The van der Waals surface area contributed by atoms with Crippen molar-refractivity contribution in [2.75, 3.05) is 6.54 Å². The first-order chi connectivity index (χ1) is 9.59. The van der Waals surface area contributed by atoms with Gasteiger partial charge in [-0.2, -0.15) is 11.3 Å². The van der Waals surface area contributed by atoms with Crippen molar-refractivity contribution in [2.24, 2.45) is 0 Å². The van der Waals surface area contributed by atoms with E-state index in [9.17, 15) is 8.42 Å². The minimum Gasteiger partial charge on any atom is -0.300 e. The summed E-state index contributed by atoms with van der Waals surface area (Å²) in [6, 6.07) is 8.38. The number of thiophene rings is 1. The van der Waals surface area contributed by atoms with Crippen LogP contribution >= 0.6 is 22.9 Å². The van der Waals surface area contributed by atoms with Gasteiger partial charge in [-0.3, -0.25) is 0 Å². The molecule has 1 N–H and O–H groups in total. The molecule has 2 heterocycles. The summed E-state index contributed by atoms with van der Waals surface area (Å²) in [5.41, 5.74) is 1.10. The monoisotopic (exact) mass is 327 g/mol. The van der Waals surface area contributed by atoms with Crippen LogP contribution in [0.15, 0.2) is 46.0 Å². The Morgan fingerprint density at radius 1 is 1.20 bits per heavy atom. The lowest BCUT2D eigenvalue weighted by atomic mass is 10.0. The molecular formula is C14H14ClNO2S2. The maximum absolute atomic E-state index is 12.7. The summed E-state index contributed by atoms with van der Waals surface area (Å²) in [7, 11) is -3.40. The Bertz CT molecular complexity index is 680. The predicted octanol–water partition coefficient (Wildman–Crippen LogP) is 3.28. The normalized spacial score (nSPS) is 23.1. The van der Waals surface area contributed by atoms with Gasteiger partial charge in [-0.1, -0.05) is 11.6 Å². The van der Waals surface area contributed by atoms with E-state index in [1.165, 1.54) is 0 Å². The molecule has 1 fully saturated rings. The van der Waals surface area contributed by atoms with Crippen molar-refractivity contribution in [3.8, 4) is 0 Å². The van der Waals surface area contributed by atoms with E-state index < -0.39 is 15.2 Å². The zero-order valence-electron chi connectivity index (χ0n) is 10.6. The summed E-state index contributed by atoms with van der Waals surface area (Å²) in [6.07, 6.45) is 0.841. The molecule has 0 radical (unpaired) electrons. The van der Waals surface area contributed by atoms with Gasteiger partial charge in [0, 0.05) is 10.9 Å². The van der Waals surface area contributed by atoms with Crippen LogP contribution in [-0.4, -0.2) is 20.3 Å². The molecule has 2 aromatic rings. The third-order valence-electron chi connectivity index (χ3n) is 3.61. The van der Waals surface area contributed by atoms with Crippen molar-refractivity contribution < 1.29 is 8.42 Å². The molecule has 3 rings (SSSR count). The molecule has 2 unspecified atom stereocenters. The van der Waals surface area contributed by atoms with Crippen molar-refractivity contribution in [3.63, 3.8) is 0 Å². The van der Waals surface area contributed by atoms with Crippen LogP contribution in [0.25, 0.3) is 0 Å². The highest BCUT2D eigenvalue weighted by Gasteiger charge is 2.39. The predicted molar refractivity (Wildman–Crippen MR) is 82.1 cm³/mol. The fourth-order valence-electron chi connectivity index (χ4n) is 2.60. The summed E-state index contributed by atoms with van der Waals surface area (Å²) in [5, 5.41) is 7.13. The highest BCUT2D eigenvalue weighted by molar-refractivity contribution is 7.92. The zero-order valence-corrected chi connectivity index (χ0v) is 13.0. The Morgan fingerprint density at radius 3 is 2.60 bits per heavy atom. The molecule has 20 heavy (non-hydrogen) atoms. The van der Waals surface area contributed by atoms with Crippen molar-refractivity contribution in [1.29, 1.82) is 0 Å². The van der Waals surface area contributed by atoms with Crippen molar-refractivity contribution in [1.82, 2.24) is 5.32 Å². The van der Waals surface area contributed by atoms with Crippen molar-refractivity contribution in [3.05, 3.63) is 51.7 Å². The molecule has 1 aromatic heterocycles. The average molecular weight is 328 g/mol. The van der Waals surface area contributed by atoms with Gasteiger partial charge in [0.25, 0.3) is 0 Å². The Balaban J connectivity index is 1.96. The number of rotatable bonds is 3. The summed E-state index contributed by atoms with van der Waals surface area (Å²) in [4.78, 5) is 0.321. The fourth-order valence-corrected chi connectivity index (χ4v) is 5.32. The number of hydrogen-bond donors (Lipinski definition) is 1. The minimum atomic E-state index is -3.40. The van der Waals surface area contributed by atoms with E-state index in [4.69, 9.17) is 11.6 Å². The first-order valence-electron chi connectivity index (χ1n) is 6.34. The molecule has 1 aliphatic heterocycles. The molecule has 1 aromatic carbocycles. The van der Waals surface area contributed by atoms with Crippen LogP contribution in [0, 0.1) is 0 Å². The number of sulfone groups is 1. The Hall–Kier alpha value is -0.880. The van der Waals surface area contributed by atoms with Crippen LogP contribution in [0.5, 0.6) is 0 Å². The molecule has 1 saturated heterocycles. The number of benzene rings is 1. The lowest BCUT2D eigenvalue weighted by Gasteiger charge is -2.19. The summed E-state index contributed by atoms with van der Waals surface area (Å²) >= 11 is 7.42. The van der Waals surface area contributed by atoms with Crippen molar-refractivity contribution in [2.45, 2.75) is 22.6 Å². The number of nitrogens with one attached hydrogen (secondary N) is 1. The molecule has 0 spiro atoms. The second-order valence-corrected chi connectivity index (χ2v) is 8.11. The number of hydrogen-bond acceptors (Lipinski definition) is 4. The van der Waals surface area contributed by atoms with Gasteiger partial charge in [0.2, 0.25) is 0 Å². The van der Waals surface area contributed by atoms with Gasteiger partial charge in [0.1, 0.15) is 5.37 Å². The van der Waals surface area contributed by atoms with Gasteiger partial charge in [-0.25, -0.2) is 8.42 Å². The van der Waals surface area contributed by atoms with E-state index in [2.05, 4.69) is 5.32 Å². The lowest BCUT2D eigenvalue weighted by Crippen LogP contribution is -2.34. The topological polar surface area (TPSA) is 46.2 Å². The molecular weight excluding hydrogens is 314 g/mol. The SMILES string of the molecule is O=S(=O)(c1ccc(Cl)cc1)C1NCCC1c1ccsc1. The molecule has 1 aliphatic rings. The zero-order chi connectivity index (χ0) is 14.2. The van der Waals surface area contributed by atoms with Crippen LogP contribution in [0.3, 0.4) is 0 Å². The summed E-state index contributed by atoms with van der Waals surface area (Å²) in [6.45, 7) is 0.720. The molecule has 6 heteroatoms. The van der Waals surface area contributed by atoms with Crippen LogP contribution in [0.2, 0.25) is 5.02 Å². The lowest BCUT2D eigenvalue weighted by molar-refractivity contribution is 0.559. The first kappa shape index (κ1) is 14.1. The summed E-state index contributed by atoms with van der Waals surface area (Å²) in [5.74, 6) is 0.0157. The van der Waals surface area contributed by atoms with Crippen molar-refractivity contribution >= 4 is 32.8 Å². The minimum absolute atomic E-state index is 0.0157. The average Bonchev–Trinajstić information content (AvgIpc) is 3.10. The highest BCUT2D eigenvalue weighted by Crippen LogP contribution is 2.34. The molecule has 2 atom stereocenters. The van der Waals surface area contributed by atoms with Crippen LogP contribution in [-0.2, 0) is 9.84 Å². The third kappa shape index (κ3) is 2.51. The maximum atomic E-state index is 12.7. The highest BCUT2D eigenvalue weighted by atomic mass is 35.5. The molecule has 106 valence electrons. The third-order valence-corrected chi connectivity index (χ3v) is 6.66. The maximum Gasteiger partial charge on any atom is 0.194 e. The first-order valence-corrected chi connectivity index (χ1v) is 9.21. The van der Waals surface area contributed by atoms with E-state index in [1.54, 1.807) is 35.6 Å². The molecule has 3 nitrogen and oxygen atoms in total. The molecule has 0 saturated carbocycles. The molecule has 0 amide bonds. The van der Waals surface area contributed by atoms with Gasteiger partial charge in [0.15, 0.2) is 9.84 Å². The Labute approximate surface area is 127 Å². The second kappa shape index (κ2) is 5.48. The van der Waals surface area contributed by atoms with Gasteiger partial charge in [0.05, 0.1) is 4.90 Å². The Morgan fingerprint density at radius 2 is 1.95 bits per heavy atom. The standard InChI is InChI=1S/C14H14ClNO2S2/c15-11-1-3-12(4-2-11)20(17,18)14-13(5-7-16-14)10-6-8-19-9-10/h1-4,6,8-9,13-14,16H,5,7H2. The quantitative estimate of drug-likeness (QED) is 0.941. The smallest absolute Gasteiger partial charge is 0.194 e. The van der Waals surface area contributed by atoms with E-state index in [1.807, 2.05) is 16.8 Å². The molecule has 0 aliphatic carbocycles. The Kier molecular flexibility index (Phi) is 3.86. The van der Waals surface area contributed by atoms with Gasteiger partial charge in [-0.15, -0.1) is 0 Å². The van der Waals surface area contributed by atoms with E-state index in [0.29, 0.717) is 9.92 Å². The van der Waals surface area contributed by atoms with Crippen LogP contribution in [0.4, 0.5) is 0 Å². The second-order valence-electron chi connectivity index (χ2n) is 4.83. The summed E-state index contributed by atoms with van der Waals surface area (Å²) < 4.78 is 25.5. The van der Waals surface area contributed by atoms with Crippen LogP contribution < -0.4 is 5.32 Å². The van der Waals surface area contributed by atoms with E-state index in [0.717, 1.165) is 18.5 Å². The van der Waals surface area contributed by atoms with Gasteiger partial charge in [-0.05, 0) is 59.6 Å². The fraction of sp³-hybridized carbons (Fsp3) is 0.286. The molecule has 0 bridgehead atoms. The van der Waals surface area contributed by atoms with E-state index >= 15 is 0 Å². The van der Waals surface area contributed by atoms with E-state index in [-0.39, 0.29) is 5.92 Å².